The SMILES string of the molecule is C=C(c1ccc(C2=NOC(C)(C)/C2=N\OC)cc1)N(c1ncccc1C)C1CCCNC1. The first-order valence-electron chi connectivity index (χ1n) is 11.0. The summed E-state index contributed by atoms with van der Waals surface area (Å²) in [7, 11) is 1.53. The van der Waals surface area contributed by atoms with Gasteiger partial charge in [-0.3, -0.25) is 0 Å². The number of pyridine rings is 1. The molecule has 2 aromatic rings. The molecule has 7 heteroatoms. The van der Waals surface area contributed by atoms with Gasteiger partial charge in [0, 0.05) is 30.0 Å². The summed E-state index contributed by atoms with van der Waals surface area (Å²) in [6, 6.07) is 12.6. The normalized spacial score (nSPS) is 21.1. The van der Waals surface area contributed by atoms with E-state index >= 15 is 0 Å². The fraction of sp³-hybridized carbons (Fsp3) is 0.400. The lowest BCUT2D eigenvalue weighted by Crippen LogP contribution is -2.45. The van der Waals surface area contributed by atoms with Crippen LogP contribution in [0.25, 0.3) is 5.70 Å². The second kappa shape index (κ2) is 9.12. The second-order valence-electron chi connectivity index (χ2n) is 8.70. The quantitative estimate of drug-likeness (QED) is 0.694. The Kier molecular flexibility index (Phi) is 6.28. The van der Waals surface area contributed by atoms with Gasteiger partial charge in [0.15, 0.2) is 11.3 Å². The number of piperidine rings is 1. The van der Waals surface area contributed by atoms with Crippen LogP contribution in [0.3, 0.4) is 0 Å². The van der Waals surface area contributed by atoms with E-state index in [4.69, 9.17) is 14.7 Å². The lowest BCUT2D eigenvalue weighted by Gasteiger charge is -2.37. The van der Waals surface area contributed by atoms with E-state index in [9.17, 15) is 0 Å². The summed E-state index contributed by atoms with van der Waals surface area (Å²) in [5.74, 6) is 0.958. The molecule has 168 valence electrons. The third-order valence-corrected chi connectivity index (χ3v) is 5.97. The van der Waals surface area contributed by atoms with Crippen molar-refractivity contribution in [2.45, 2.75) is 45.3 Å². The minimum Gasteiger partial charge on any atom is -0.399 e. The highest BCUT2D eigenvalue weighted by Gasteiger charge is 2.39. The van der Waals surface area contributed by atoms with Crippen LogP contribution in [-0.4, -0.2) is 48.2 Å². The maximum atomic E-state index is 5.57. The van der Waals surface area contributed by atoms with Crippen molar-refractivity contribution >= 4 is 22.9 Å². The Balaban J connectivity index is 1.64. The second-order valence-corrected chi connectivity index (χ2v) is 8.70. The summed E-state index contributed by atoms with van der Waals surface area (Å²) in [6.45, 7) is 12.4. The van der Waals surface area contributed by atoms with E-state index in [0.29, 0.717) is 17.5 Å². The molecule has 0 spiro atoms. The molecule has 1 saturated heterocycles. The average Bonchev–Trinajstić information content (AvgIpc) is 3.10. The zero-order chi connectivity index (χ0) is 22.7. The van der Waals surface area contributed by atoms with Gasteiger partial charge in [0.25, 0.3) is 0 Å². The Morgan fingerprint density at radius 1 is 1.28 bits per heavy atom. The number of oxime groups is 2. The van der Waals surface area contributed by atoms with Crippen LogP contribution in [0.2, 0.25) is 0 Å². The van der Waals surface area contributed by atoms with Crippen molar-refractivity contribution in [2.75, 3.05) is 25.1 Å². The van der Waals surface area contributed by atoms with Gasteiger partial charge < -0.3 is 19.9 Å². The first kappa shape index (κ1) is 22.0. The van der Waals surface area contributed by atoms with Crippen LogP contribution in [0.1, 0.15) is 43.4 Å². The number of hydrogen-bond donors (Lipinski definition) is 1. The number of nitrogens with one attached hydrogen (secondary N) is 1. The van der Waals surface area contributed by atoms with Crippen LogP contribution in [0.15, 0.2) is 59.5 Å². The summed E-state index contributed by atoms with van der Waals surface area (Å²) in [5, 5.41) is 11.9. The number of benzene rings is 1. The minimum absolute atomic E-state index is 0.304. The maximum absolute atomic E-state index is 5.57. The first-order chi connectivity index (χ1) is 15.4. The molecule has 0 radical (unpaired) electrons. The summed E-state index contributed by atoms with van der Waals surface area (Å²) >= 11 is 0. The highest BCUT2D eigenvalue weighted by molar-refractivity contribution is 6.51. The zero-order valence-electron chi connectivity index (χ0n) is 19.3. The highest BCUT2D eigenvalue weighted by atomic mass is 16.7. The molecule has 3 heterocycles. The molecule has 2 aliphatic heterocycles. The van der Waals surface area contributed by atoms with Gasteiger partial charge in [-0.05, 0) is 57.4 Å². The number of anilines is 1. The number of rotatable bonds is 6. The van der Waals surface area contributed by atoms with E-state index in [1.807, 2.05) is 38.2 Å². The molecule has 1 aromatic carbocycles. The standard InChI is InChI=1S/C25H31N5O2/c1-17-8-6-15-27-24(17)30(21-9-7-14-26-16-21)18(2)19-10-12-20(13-11-19)22-23(29-31-5)25(3,4)32-28-22/h6,8,10-13,15,21,26H,2,7,9,14,16H2,1,3-5H3/b29-23-. The lowest BCUT2D eigenvalue weighted by molar-refractivity contribution is 0.0496. The summed E-state index contributed by atoms with van der Waals surface area (Å²) < 4.78 is 0. The maximum Gasteiger partial charge on any atom is 0.179 e. The molecule has 0 saturated carbocycles. The molecule has 1 aromatic heterocycles. The largest absolute Gasteiger partial charge is 0.399 e. The molecule has 0 amide bonds. The Labute approximate surface area is 189 Å². The monoisotopic (exact) mass is 433 g/mol. The number of nitrogens with zero attached hydrogens (tertiary/aromatic N) is 4. The van der Waals surface area contributed by atoms with Crippen LogP contribution < -0.4 is 10.2 Å². The van der Waals surface area contributed by atoms with Gasteiger partial charge in [-0.2, -0.15) is 0 Å². The molecule has 1 atom stereocenters. The fourth-order valence-corrected chi connectivity index (χ4v) is 4.23. The molecular formula is C25H31N5O2. The summed E-state index contributed by atoms with van der Waals surface area (Å²) in [6.07, 6.45) is 4.08. The molecule has 1 unspecified atom stereocenters. The molecule has 0 aliphatic carbocycles. The van der Waals surface area contributed by atoms with E-state index in [0.717, 1.165) is 54.1 Å². The molecule has 1 fully saturated rings. The smallest absolute Gasteiger partial charge is 0.179 e. The van der Waals surface area contributed by atoms with E-state index in [-0.39, 0.29) is 0 Å². The molecule has 2 aliphatic rings. The van der Waals surface area contributed by atoms with Crippen molar-refractivity contribution in [3.8, 4) is 0 Å². The van der Waals surface area contributed by atoms with E-state index in [1.54, 1.807) is 0 Å². The van der Waals surface area contributed by atoms with Gasteiger partial charge in [0.1, 0.15) is 18.6 Å². The van der Waals surface area contributed by atoms with Crippen molar-refractivity contribution in [1.82, 2.24) is 10.3 Å². The van der Waals surface area contributed by atoms with E-state index in [2.05, 4.69) is 52.2 Å². The number of aryl methyl sites for hydroxylation is 1. The van der Waals surface area contributed by atoms with Crippen molar-refractivity contribution < 1.29 is 9.68 Å². The Hall–Kier alpha value is -3.19. The molecule has 7 nitrogen and oxygen atoms in total. The molecule has 0 bridgehead atoms. The van der Waals surface area contributed by atoms with Gasteiger partial charge in [-0.1, -0.05) is 47.2 Å². The van der Waals surface area contributed by atoms with Gasteiger partial charge in [-0.15, -0.1) is 0 Å². The molecule has 1 N–H and O–H groups in total. The number of aromatic nitrogens is 1. The van der Waals surface area contributed by atoms with Crippen molar-refractivity contribution in [2.24, 2.45) is 10.3 Å². The van der Waals surface area contributed by atoms with Crippen molar-refractivity contribution in [3.05, 3.63) is 65.9 Å². The van der Waals surface area contributed by atoms with Crippen LogP contribution in [-0.2, 0) is 9.68 Å². The van der Waals surface area contributed by atoms with Gasteiger partial charge in [0.2, 0.25) is 0 Å². The molecular weight excluding hydrogens is 402 g/mol. The Morgan fingerprint density at radius 3 is 2.72 bits per heavy atom. The van der Waals surface area contributed by atoms with Crippen LogP contribution >= 0.6 is 0 Å². The van der Waals surface area contributed by atoms with Crippen molar-refractivity contribution in [3.63, 3.8) is 0 Å². The predicted octanol–water partition coefficient (Wildman–Crippen LogP) is 4.13. The summed E-state index contributed by atoms with van der Waals surface area (Å²) in [5.41, 5.74) is 4.75. The third-order valence-electron chi connectivity index (χ3n) is 5.97. The molecule has 4 rings (SSSR count). The van der Waals surface area contributed by atoms with Gasteiger partial charge in [-0.25, -0.2) is 4.98 Å². The van der Waals surface area contributed by atoms with Crippen LogP contribution in [0.4, 0.5) is 5.82 Å². The van der Waals surface area contributed by atoms with Crippen molar-refractivity contribution in [1.29, 1.82) is 0 Å². The fourth-order valence-electron chi connectivity index (χ4n) is 4.23. The minimum atomic E-state index is -0.630. The van der Waals surface area contributed by atoms with Crippen LogP contribution in [0, 0.1) is 6.92 Å². The van der Waals surface area contributed by atoms with Gasteiger partial charge >= 0.3 is 0 Å². The average molecular weight is 434 g/mol. The predicted molar refractivity (Wildman–Crippen MR) is 129 cm³/mol. The first-order valence-corrected chi connectivity index (χ1v) is 11.0. The van der Waals surface area contributed by atoms with E-state index in [1.165, 1.54) is 7.11 Å². The van der Waals surface area contributed by atoms with Gasteiger partial charge in [0.05, 0.1) is 0 Å². The third kappa shape index (κ3) is 4.25. The zero-order valence-corrected chi connectivity index (χ0v) is 19.3. The van der Waals surface area contributed by atoms with E-state index < -0.39 is 5.60 Å². The Bertz CT molecular complexity index is 1040. The highest BCUT2D eigenvalue weighted by Crippen LogP contribution is 2.31. The molecule has 32 heavy (non-hydrogen) atoms. The number of hydrogen-bond acceptors (Lipinski definition) is 7. The topological polar surface area (TPSA) is 71.3 Å². The summed E-state index contributed by atoms with van der Waals surface area (Å²) in [4.78, 5) is 17.6. The Morgan fingerprint density at radius 2 is 2.06 bits per heavy atom. The van der Waals surface area contributed by atoms with Crippen LogP contribution in [0.5, 0.6) is 0 Å². The lowest BCUT2D eigenvalue weighted by atomic mass is 9.94.